The molecule has 0 amide bonds. The third-order valence-electron chi connectivity index (χ3n) is 2.42. The first-order valence-electron chi connectivity index (χ1n) is 7.10. The second-order valence-corrected chi connectivity index (χ2v) is 4.75. The standard InChI is InChI=1S/C15H26O4/c1-4-5-6-7-8-9-12-18-14(16)10-11-15(17)19-13(2)3/h9,12-13H,4-8,10-11H2,1-3H3. The van der Waals surface area contributed by atoms with E-state index in [4.69, 9.17) is 9.47 Å². The van der Waals surface area contributed by atoms with Crippen molar-refractivity contribution in [1.82, 2.24) is 0 Å². The summed E-state index contributed by atoms with van der Waals surface area (Å²) in [6.07, 6.45) is 8.94. The molecule has 0 aliphatic rings. The zero-order chi connectivity index (χ0) is 14.5. The highest BCUT2D eigenvalue weighted by molar-refractivity contribution is 5.77. The van der Waals surface area contributed by atoms with Crippen LogP contribution in [0.4, 0.5) is 0 Å². The van der Waals surface area contributed by atoms with Crippen LogP contribution >= 0.6 is 0 Å². The molecule has 0 unspecified atom stereocenters. The molecule has 19 heavy (non-hydrogen) atoms. The molecule has 0 N–H and O–H groups in total. The maximum absolute atomic E-state index is 11.3. The summed E-state index contributed by atoms with van der Waals surface area (Å²) >= 11 is 0. The van der Waals surface area contributed by atoms with Crippen LogP contribution in [-0.2, 0) is 19.1 Å². The van der Waals surface area contributed by atoms with Crippen LogP contribution in [0.15, 0.2) is 12.3 Å². The van der Waals surface area contributed by atoms with Crippen molar-refractivity contribution >= 4 is 11.9 Å². The van der Waals surface area contributed by atoms with Gasteiger partial charge in [0.2, 0.25) is 0 Å². The van der Waals surface area contributed by atoms with Gasteiger partial charge < -0.3 is 9.47 Å². The summed E-state index contributed by atoms with van der Waals surface area (Å²) in [4.78, 5) is 22.5. The summed E-state index contributed by atoms with van der Waals surface area (Å²) in [5.41, 5.74) is 0. The molecule has 0 heterocycles. The molecule has 4 heteroatoms. The molecule has 0 aromatic heterocycles. The molecular weight excluding hydrogens is 244 g/mol. The average molecular weight is 270 g/mol. The van der Waals surface area contributed by atoms with Gasteiger partial charge in [-0.05, 0) is 32.8 Å². The van der Waals surface area contributed by atoms with Gasteiger partial charge in [0.15, 0.2) is 0 Å². The van der Waals surface area contributed by atoms with E-state index in [1.807, 2.05) is 6.08 Å². The molecule has 0 atom stereocenters. The zero-order valence-electron chi connectivity index (χ0n) is 12.3. The first-order chi connectivity index (χ1) is 9.06. The maximum atomic E-state index is 11.3. The van der Waals surface area contributed by atoms with Gasteiger partial charge in [-0.1, -0.05) is 26.2 Å². The molecule has 0 saturated carbocycles. The van der Waals surface area contributed by atoms with Crippen LogP contribution in [0, 0.1) is 0 Å². The number of rotatable bonds is 10. The Bertz CT molecular complexity index is 282. The highest BCUT2D eigenvalue weighted by atomic mass is 16.5. The fourth-order valence-electron chi connectivity index (χ4n) is 1.47. The lowest BCUT2D eigenvalue weighted by atomic mass is 10.1. The second-order valence-electron chi connectivity index (χ2n) is 4.75. The van der Waals surface area contributed by atoms with Gasteiger partial charge >= 0.3 is 11.9 Å². The minimum atomic E-state index is -0.398. The van der Waals surface area contributed by atoms with Gasteiger partial charge in [0.05, 0.1) is 25.2 Å². The van der Waals surface area contributed by atoms with Crippen LogP contribution in [0.1, 0.15) is 65.7 Å². The molecule has 0 aromatic carbocycles. The van der Waals surface area contributed by atoms with E-state index in [0.717, 1.165) is 12.8 Å². The Balaban J connectivity index is 3.53. The molecule has 0 aliphatic heterocycles. The predicted molar refractivity (Wildman–Crippen MR) is 74.5 cm³/mol. The highest BCUT2D eigenvalue weighted by Gasteiger charge is 2.09. The predicted octanol–water partition coefficient (Wildman–Crippen LogP) is 3.75. The number of ether oxygens (including phenoxy) is 2. The summed E-state index contributed by atoms with van der Waals surface area (Å²) in [6, 6.07) is 0. The van der Waals surface area contributed by atoms with Crippen molar-refractivity contribution in [2.24, 2.45) is 0 Å². The second kappa shape index (κ2) is 11.8. The Kier molecular flexibility index (Phi) is 10.9. The number of unbranched alkanes of at least 4 members (excludes halogenated alkanes) is 4. The minimum Gasteiger partial charge on any atom is -0.463 e. The van der Waals surface area contributed by atoms with Crippen LogP contribution in [0.3, 0.4) is 0 Å². The summed E-state index contributed by atoms with van der Waals surface area (Å²) in [6.45, 7) is 5.72. The van der Waals surface area contributed by atoms with Gasteiger partial charge in [-0.2, -0.15) is 0 Å². The van der Waals surface area contributed by atoms with Crippen LogP contribution in [0.25, 0.3) is 0 Å². The Morgan fingerprint density at radius 1 is 1.05 bits per heavy atom. The topological polar surface area (TPSA) is 52.6 Å². The van der Waals surface area contributed by atoms with Gasteiger partial charge in [-0.25, -0.2) is 0 Å². The van der Waals surface area contributed by atoms with Crippen molar-refractivity contribution in [1.29, 1.82) is 0 Å². The molecule has 0 aliphatic carbocycles. The number of allylic oxidation sites excluding steroid dienone is 1. The first-order valence-corrected chi connectivity index (χ1v) is 7.10. The van der Waals surface area contributed by atoms with Crippen molar-refractivity contribution < 1.29 is 19.1 Å². The summed E-state index contributed by atoms with van der Waals surface area (Å²) < 4.78 is 9.79. The van der Waals surface area contributed by atoms with Crippen LogP contribution in [0.2, 0.25) is 0 Å². The molecule has 0 saturated heterocycles. The number of esters is 2. The van der Waals surface area contributed by atoms with E-state index in [-0.39, 0.29) is 24.9 Å². The van der Waals surface area contributed by atoms with Gasteiger partial charge in [-0.15, -0.1) is 0 Å². The molecular formula is C15H26O4. The number of hydrogen-bond donors (Lipinski definition) is 0. The molecule has 0 bridgehead atoms. The Hall–Kier alpha value is -1.32. The van der Waals surface area contributed by atoms with Gasteiger partial charge in [-0.3, -0.25) is 9.59 Å². The third-order valence-corrected chi connectivity index (χ3v) is 2.42. The molecule has 4 nitrogen and oxygen atoms in total. The molecule has 110 valence electrons. The summed E-state index contributed by atoms with van der Waals surface area (Å²) in [5.74, 6) is -0.763. The minimum absolute atomic E-state index is 0.0612. The van der Waals surface area contributed by atoms with Crippen molar-refractivity contribution in [3.63, 3.8) is 0 Å². The van der Waals surface area contributed by atoms with Crippen LogP contribution < -0.4 is 0 Å². The fraction of sp³-hybridized carbons (Fsp3) is 0.733. The van der Waals surface area contributed by atoms with E-state index in [1.54, 1.807) is 13.8 Å². The fourth-order valence-corrected chi connectivity index (χ4v) is 1.47. The lowest BCUT2D eigenvalue weighted by Gasteiger charge is -2.06. The number of carbonyl (C=O) groups is 2. The lowest BCUT2D eigenvalue weighted by molar-refractivity contribution is -0.150. The van der Waals surface area contributed by atoms with Crippen molar-refractivity contribution in [2.45, 2.75) is 71.8 Å². The molecule has 0 spiro atoms. The number of carbonyl (C=O) groups excluding carboxylic acids is 2. The van der Waals surface area contributed by atoms with Crippen LogP contribution in [0.5, 0.6) is 0 Å². The van der Waals surface area contributed by atoms with E-state index in [2.05, 4.69) is 6.92 Å². The summed E-state index contributed by atoms with van der Waals surface area (Å²) in [5, 5.41) is 0. The quantitative estimate of drug-likeness (QED) is 0.345. The average Bonchev–Trinajstić information content (AvgIpc) is 2.34. The van der Waals surface area contributed by atoms with E-state index in [9.17, 15) is 9.59 Å². The van der Waals surface area contributed by atoms with Gasteiger partial charge in [0.1, 0.15) is 0 Å². The lowest BCUT2D eigenvalue weighted by Crippen LogP contribution is -2.13. The van der Waals surface area contributed by atoms with Crippen LogP contribution in [-0.4, -0.2) is 18.0 Å². The SMILES string of the molecule is CCCCCCC=COC(=O)CCC(=O)OC(C)C. The largest absolute Gasteiger partial charge is 0.463 e. The van der Waals surface area contributed by atoms with E-state index < -0.39 is 5.97 Å². The van der Waals surface area contributed by atoms with E-state index in [0.29, 0.717) is 0 Å². The Morgan fingerprint density at radius 2 is 1.74 bits per heavy atom. The summed E-state index contributed by atoms with van der Waals surface area (Å²) in [7, 11) is 0. The Labute approximate surface area is 116 Å². The van der Waals surface area contributed by atoms with Gasteiger partial charge in [0.25, 0.3) is 0 Å². The highest BCUT2D eigenvalue weighted by Crippen LogP contribution is 2.03. The van der Waals surface area contributed by atoms with E-state index >= 15 is 0 Å². The molecule has 0 radical (unpaired) electrons. The van der Waals surface area contributed by atoms with Gasteiger partial charge in [0, 0.05) is 0 Å². The van der Waals surface area contributed by atoms with Crippen molar-refractivity contribution in [3.05, 3.63) is 12.3 Å². The van der Waals surface area contributed by atoms with Crippen molar-refractivity contribution in [3.8, 4) is 0 Å². The third kappa shape index (κ3) is 12.9. The smallest absolute Gasteiger partial charge is 0.311 e. The molecule has 0 rings (SSSR count). The molecule has 0 aromatic rings. The molecule has 0 fully saturated rings. The first kappa shape index (κ1) is 17.7. The normalized spacial score (nSPS) is 10.9. The Morgan fingerprint density at radius 3 is 2.37 bits per heavy atom. The van der Waals surface area contributed by atoms with E-state index in [1.165, 1.54) is 25.5 Å². The van der Waals surface area contributed by atoms with Crippen molar-refractivity contribution in [2.75, 3.05) is 0 Å². The zero-order valence-corrected chi connectivity index (χ0v) is 12.3. The number of hydrogen-bond acceptors (Lipinski definition) is 4. The monoisotopic (exact) mass is 270 g/mol. The maximum Gasteiger partial charge on any atom is 0.311 e.